The lowest BCUT2D eigenvalue weighted by molar-refractivity contribution is -0.128. The average molecular weight is 357 g/mol. The fourth-order valence-corrected chi connectivity index (χ4v) is 3.34. The summed E-state index contributed by atoms with van der Waals surface area (Å²) in [6, 6.07) is 9.31. The lowest BCUT2D eigenvalue weighted by atomic mass is 9.74. The molecule has 3 N–H and O–H groups in total. The molecule has 3 rings (SSSR count). The second kappa shape index (κ2) is 7.83. The van der Waals surface area contributed by atoms with Crippen LogP contribution >= 0.6 is 0 Å². The molecule has 5 nitrogen and oxygen atoms in total. The van der Waals surface area contributed by atoms with Crippen molar-refractivity contribution in [1.29, 1.82) is 0 Å². The third kappa shape index (κ3) is 4.58. The largest absolute Gasteiger partial charge is 0.439 e. The van der Waals surface area contributed by atoms with Crippen LogP contribution in [0, 0.1) is 11.7 Å². The molecule has 1 aromatic heterocycles. The van der Waals surface area contributed by atoms with Crippen molar-refractivity contribution in [2.24, 2.45) is 11.7 Å². The van der Waals surface area contributed by atoms with Crippen LogP contribution in [0.4, 0.5) is 4.39 Å². The standard InChI is InChI=1S/C20H24FN3O2/c1-20(22)10-3-2-4-17(20)19(25)24-13-14-9-11-23-18(12-14)26-16-7-5-15(21)6-8-16/h5-9,11-12,17H,2-4,10,13,22H2,1H3,(H,24,25). The highest BCUT2D eigenvalue weighted by Crippen LogP contribution is 2.31. The van der Waals surface area contributed by atoms with Crippen molar-refractivity contribution < 1.29 is 13.9 Å². The van der Waals surface area contributed by atoms with Gasteiger partial charge >= 0.3 is 0 Å². The molecule has 0 spiro atoms. The number of carbonyl (C=O) groups is 1. The van der Waals surface area contributed by atoms with Gasteiger partial charge in [0.05, 0.1) is 5.92 Å². The van der Waals surface area contributed by atoms with Crippen LogP contribution in [0.25, 0.3) is 0 Å². The van der Waals surface area contributed by atoms with Gasteiger partial charge < -0.3 is 15.8 Å². The number of amides is 1. The zero-order valence-electron chi connectivity index (χ0n) is 14.9. The van der Waals surface area contributed by atoms with Gasteiger partial charge in [-0.05, 0) is 55.7 Å². The number of pyridine rings is 1. The molecule has 0 saturated heterocycles. The fraction of sp³-hybridized carbons (Fsp3) is 0.400. The van der Waals surface area contributed by atoms with E-state index in [0.29, 0.717) is 18.2 Å². The Kier molecular flexibility index (Phi) is 5.52. The Morgan fingerprint density at radius 1 is 1.35 bits per heavy atom. The number of ether oxygens (including phenoxy) is 1. The molecule has 1 saturated carbocycles. The molecule has 0 aliphatic heterocycles. The predicted molar refractivity (Wildman–Crippen MR) is 97.1 cm³/mol. The van der Waals surface area contributed by atoms with Crippen molar-refractivity contribution in [2.75, 3.05) is 0 Å². The molecule has 0 bridgehead atoms. The Balaban J connectivity index is 1.60. The van der Waals surface area contributed by atoms with E-state index in [4.69, 9.17) is 10.5 Å². The van der Waals surface area contributed by atoms with E-state index in [1.54, 1.807) is 12.3 Å². The summed E-state index contributed by atoms with van der Waals surface area (Å²) in [6.07, 6.45) is 5.43. The van der Waals surface area contributed by atoms with Gasteiger partial charge in [-0.15, -0.1) is 0 Å². The quantitative estimate of drug-likeness (QED) is 0.858. The predicted octanol–water partition coefficient (Wildman–Crippen LogP) is 3.54. The number of benzene rings is 1. The summed E-state index contributed by atoms with van der Waals surface area (Å²) in [4.78, 5) is 16.7. The SMILES string of the molecule is CC1(N)CCCCC1C(=O)NCc1ccnc(Oc2ccc(F)cc2)c1. The van der Waals surface area contributed by atoms with Gasteiger partial charge in [-0.2, -0.15) is 0 Å². The summed E-state index contributed by atoms with van der Waals surface area (Å²) in [6.45, 7) is 2.34. The minimum absolute atomic E-state index is 0.00693. The maximum Gasteiger partial charge on any atom is 0.225 e. The number of nitrogens with zero attached hydrogens (tertiary/aromatic N) is 1. The summed E-state index contributed by atoms with van der Waals surface area (Å²) in [7, 11) is 0. The van der Waals surface area contributed by atoms with E-state index in [-0.39, 0.29) is 17.6 Å². The highest BCUT2D eigenvalue weighted by Gasteiger charge is 2.37. The van der Waals surface area contributed by atoms with E-state index < -0.39 is 5.54 Å². The highest BCUT2D eigenvalue weighted by atomic mass is 19.1. The van der Waals surface area contributed by atoms with Crippen LogP contribution in [-0.2, 0) is 11.3 Å². The van der Waals surface area contributed by atoms with Gasteiger partial charge in [0.2, 0.25) is 11.8 Å². The van der Waals surface area contributed by atoms with E-state index in [1.165, 1.54) is 24.3 Å². The monoisotopic (exact) mass is 357 g/mol. The molecular formula is C20H24FN3O2. The number of nitrogens with two attached hydrogens (primary N) is 1. The van der Waals surface area contributed by atoms with E-state index in [9.17, 15) is 9.18 Å². The van der Waals surface area contributed by atoms with Gasteiger partial charge in [0, 0.05) is 24.3 Å². The van der Waals surface area contributed by atoms with Gasteiger partial charge in [-0.25, -0.2) is 9.37 Å². The van der Waals surface area contributed by atoms with E-state index in [0.717, 1.165) is 31.2 Å². The van der Waals surface area contributed by atoms with E-state index in [1.807, 2.05) is 13.0 Å². The summed E-state index contributed by atoms with van der Waals surface area (Å²) < 4.78 is 18.6. The molecular weight excluding hydrogens is 333 g/mol. The number of carbonyl (C=O) groups excluding carboxylic acids is 1. The van der Waals surface area contributed by atoms with Gasteiger partial charge in [0.15, 0.2) is 0 Å². The molecule has 138 valence electrons. The molecule has 1 heterocycles. The van der Waals surface area contributed by atoms with Crippen LogP contribution in [0.3, 0.4) is 0 Å². The Labute approximate surface area is 152 Å². The molecule has 1 amide bonds. The molecule has 26 heavy (non-hydrogen) atoms. The van der Waals surface area contributed by atoms with Crippen molar-refractivity contribution in [3.05, 3.63) is 54.0 Å². The average Bonchev–Trinajstić information content (AvgIpc) is 2.62. The Morgan fingerprint density at radius 2 is 2.12 bits per heavy atom. The van der Waals surface area contributed by atoms with Crippen LogP contribution in [0.15, 0.2) is 42.6 Å². The summed E-state index contributed by atoms with van der Waals surface area (Å²) in [5, 5.41) is 2.97. The second-order valence-corrected chi connectivity index (χ2v) is 7.08. The van der Waals surface area contributed by atoms with Crippen LogP contribution in [0.5, 0.6) is 11.6 Å². The maximum absolute atomic E-state index is 13.0. The van der Waals surface area contributed by atoms with Crippen LogP contribution in [0.2, 0.25) is 0 Å². The Morgan fingerprint density at radius 3 is 2.85 bits per heavy atom. The van der Waals surface area contributed by atoms with Gasteiger partial charge in [-0.1, -0.05) is 12.8 Å². The maximum atomic E-state index is 13.0. The van der Waals surface area contributed by atoms with E-state index in [2.05, 4.69) is 10.3 Å². The van der Waals surface area contributed by atoms with Gasteiger partial charge in [0.25, 0.3) is 0 Å². The molecule has 1 fully saturated rings. The van der Waals surface area contributed by atoms with Crippen LogP contribution in [-0.4, -0.2) is 16.4 Å². The normalized spacial score (nSPS) is 22.7. The van der Waals surface area contributed by atoms with Crippen LogP contribution in [0.1, 0.15) is 38.2 Å². The number of hydrogen-bond acceptors (Lipinski definition) is 4. The van der Waals surface area contributed by atoms with Crippen LogP contribution < -0.4 is 15.8 Å². The third-order valence-corrected chi connectivity index (χ3v) is 4.87. The molecule has 1 aliphatic carbocycles. The number of aromatic nitrogens is 1. The molecule has 2 aromatic rings. The van der Waals surface area contributed by atoms with Gasteiger partial charge in [-0.3, -0.25) is 4.79 Å². The minimum Gasteiger partial charge on any atom is -0.439 e. The smallest absolute Gasteiger partial charge is 0.225 e. The molecule has 1 aromatic carbocycles. The molecule has 2 unspecified atom stereocenters. The molecule has 2 atom stereocenters. The van der Waals surface area contributed by atoms with Crippen molar-refractivity contribution in [3.63, 3.8) is 0 Å². The molecule has 1 aliphatic rings. The highest BCUT2D eigenvalue weighted by molar-refractivity contribution is 5.80. The lowest BCUT2D eigenvalue weighted by Crippen LogP contribution is -2.52. The van der Waals surface area contributed by atoms with Crippen molar-refractivity contribution >= 4 is 5.91 Å². The number of hydrogen-bond donors (Lipinski definition) is 2. The summed E-state index contributed by atoms with van der Waals surface area (Å²) in [5.74, 6) is 0.405. The molecule has 0 radical (unpaired) electrons. The summed E-state index contributed by atoms with van der Waals surface area (Å²) >= 11 is 0. The number of rotatable bonds is 5. The fourth-order valence-electron chi connectivity index (χ4n) is 3.34. The lowest BCUT2D eigenvalue weighted by Gasteiger charge is -2.37. The third-order valence-electron chi connectivity index (χ3n) is 4.87. The zero-order valence-corrected chi connectivity index (χ0v) is 14.9. The first-order valence-corrected chi connectivity index (χ1v) is 8.89. The topological polar surface area (TPSA) is 77.2 Å². The Hall–Kier alpha value is -2.47. The number of halogens is 1. The zero-order chi connectivity index (χ0) is 18.6. The Bertz CT molecular complexity index is 762. The summed E-state index contributed by atoms with van der Waals surface area (Å²) in [5.41, 5.74) is 6.72. The minimum atomic E-state index is -0.447. The van der Waals surface area contributed by atoms with Crippen molar-refractivity contribution in [3.8, 4) is 11.6 Å². The first-order valence-electron chi connectivity index (χ1n) is 8.89. The first kappa shape index (κ1) is 18.3. The van der Waals surface area contributed by atoms with Crippen molar-refractivity contribution in [2.45, 2.75) is 44.7 Å². The van der Waals surface area contributed by atoms with Crippen molar-refractivity contribution in [1.82, 2.24) is 10.3 Å². The molecule has 6 heteroatoms. The second-order valence-electron chi connectivity index (χ2n) is 7.08. The van der Waals surface area contributed by atoms with E-state index >= 15 is 0 Å². The number of nitrogens with one attached hydrogen (secondary N) is 1. The first-order chi connectivity index (χ1) is 12.4. The van der Waals surface area contributed by atoms with Gasteiger partial charge in [0.1, 0.15) is 11.6 Å².